The molecule has 5 rings (SSSR count). The highest BCUT2D eigenvalue weighted by Gasteiger charge is 2.56. The third kappa shape index (κ3) is 1.83. The van der Waals surface area contributed by atoms with Gasteiger partial charge in [0.05, 0.1) is 24.1 Å². The summed E-state index contributed by atoms with van der Waals surface area (Å²) >= 11 is 0. The van der Waals surface area contributed by atoms with Crippen LogP contribution < -0.4 is 9.64 Å². The predicted molar refractivity (Wildman–Crippen MR) is 82.4 cm³/mol. The molecule has 114 valence electrons. The average molecular weight is 297 g/mol. The number of ether oxygens (including phenoxy) is 1. The quantitative estimate of drug-likeness (QED) is 0.636. The minimum atomic E-state index is -0.150. The van der Waals surface area contributed by atoms with Crippen LogP contribution in [0.2, 0.25) is 0 Å². The van der Waals surface area contributed by atoms with Crippen LogP contribution in [-0.4, -0.2) is 18.4 Å². The van der Waals surface area contributed by atoms with Gasteiger partial charge in [-0.2, -0.15) is 0 Å². The molecule has 2 fully saturated rings. The van der Waals surface area contributed by atoms with Crippen LogP contribution in [0.4, 0.5) is 5.69 Å². The molecule has 0 spiro atoms. The number of carbonyl (C=O) groups excluding carboxylic acids is 2. The Morgan fingerprint density at radius 2 is 1.55 bits per heavy atom. The molecular formula is C18H19NO3. The molecule has 0 N–H and O–H groups in total. The Morgan fingerprint density at radius 1 is 1.00 bits per heavy atom. The molecule has 4 nitrogen and oxygen atoms in total. The van der Waals surface area contributed by atoms with Crippen LogP contribution in [0.15, 0.2) is 36.4 Å². The zero-order valence-corrected chi connectivity index (χ0v) is 12.6. The molecule has 0 unspecified atom stereocenters. The van der Waals surface area contributed by atoms with E-state index in [1.54, 1.807) is 12.1 Å². The minimum Gasteiger partial charge on any atom is -0.494 e. The smallest absolute Gasteiger partial charge is 0.238 e. The standard InChI is InChI=1S/C18H19NO3/c1-2-22-14-9-7-13(8-10-14)19-17(20)15-11-3-4-12(6-5-11)16(15)18(19)21/h3-4,7-12,15-16H,2,5-6H2,1H3/t11-,12+,15-,16-/m0/s1. The number of amides is 2. The van der Waals surface area contributed by atoms with E-state index in [1.807, 2.05) is 19.1 Å². The summed E-state index contributed by atoms with van der Waals surface area (Å²) in [5.41, 5.74) is 0.659. The zero-order valence-electron chi connectivity index (χ0n) is 12.6. The first kappa shape index (κ1) is 13.6. The van der Waals surface area contributed by atoms with Crippen molar-refractivity contribution in [1.82, 2.24) is 0 Å². The lowest BCUT2D eigenvalue weighted by Crippen LogP contribution is -2.38. The Kier molecular flexibility index (Phi) is 3.06. The Balaban J connectivity index is 1.66. The second kappa shape index (κ2) is 4.97. The van der Waals surface area contributed by atoms with Crippen molar-refractivity contribution in [3.8, 4) is 5.75 Å². The van der Waals surface area contributed by atoms with Gasteiger partial charge >= 0.3 is 0 Å². The van der Waals surface area contributed by atoms with Crippen molar-refractivity contribution in [2.45, 2.75) is 19.8 Å². The first-order valence-corrected chi connectivity index (χ1v) is 7.99. The number of imide groups is 1. The zero-order chi connectivity index (χ0) is 15.3. The Bertz CT molecular complexity index is 617. The molecule has 2 amide bonds. The van der Waals surface area contributed by atoms with E-state index in [-0.39, 0.29) is 35.5 Å². The Labute approximate surface area is 129 Å². The van der Waals surface area contributed by atoms with Crippen LogP contribution in [0.1, 0.15) is 19.8 Å². The molecule has 0 aromatic heterocycles. The molecular weight excluding hydrogens is 278 g/mol. The number of rotatable bonds is 3. The number of fused-ring (bicyclic) bond motifs is 1. The summed E-state index contributed by atoms with van der Waals surface area (Å²) < 4.78 is 5.42. The molecule has 1 heterocycles. The molecule has 2 bridgehead atoms. The van der Waals surface area contributed by atoms with E-state index < -0.39 is 0 Å². The molecule has 1 aromatic rings. The molecule has 22 heavy (non-hydrogen) atoms. The summed E-state index contributed by atoms with van der Waals surface area (Å²) in [5.74, 6) is 0.866. The van der Waals surface area contributed by atoms with Gasteiger partial charge in [-0.25, -0.2) is 0 Å². The van der Waals surface area contributed by atoms with Crippen LogP contribution in [0, 0.1) is 23.7 Å². The fourth-order valence-electron chi connectivity index (χ4n) is 4.19. The summed E-state index contributed by atoms with van der Waals surface area (Å²) in [6.07, 6.45) is 6.33. The van der Waals surface area contributed by atoms with E-state index in [0.717, 1.165) is 18.6 Å². The molecule has 0 radical (unpaired) electrons. The Morgan fingerprint density at radius 3 is 2.00 bits per heavy atom. The van der Waals surface area contributed by atoms with Gasteiger partial charge in [0.25, 0.3) is 0 Å². The summed E-state index contributed by atoms with van der Waals surface area (Å²) in [4.78, 5) is 27.0. The lowest BCUT2D eigenvalue weighted by molar-refractivity contribution is -0.124. The Hall–Kier alpha value is -2.10. The van der Waals surface area contributed by atoms with Crippen LogP contribution >= 0.6 is 0 Å². The van der Waals surface area contributed by atoms with Gasteiger partial charge in [0.1, 0.15) is 5.75 Å². The second-order valence-electron chi connectivity index (χ2n) is 6.28. The summed E-state index contributed by atoms with van der Waals surface area (Å²) in [6, 6.07) is 7.23. The average Bonchev–Trinajstić information content (AvgIpc) is 2.84. The first-order chi connectivity index (χ1) is 10.7. The van der Waals surface area contributed by atoms with Gasteiger partial charge in [0.2, 0.25) is 11.8 Å². The summed E-state index contributed by atoms with van der Waals surface area (Å²) in [5, 5.41) is 0. The minimum absolute atomic E-state index is 0.0294. The van der Waals surface area contributed by atoms with Crippen molar-refractivity contribution in [3.05, 3.63) is 36.4 Å². The fourth-order valence-corrected chi connectivity index (χ4v) is 4.19. The maximum atomic E-state index is 12.8. The van der Waals surface area contributed by atoms with Crippen LogP contribution in [0.5, 0.6) is 5.75 Å². The van der Waals surface area contributed by atoms with Crippen LogP contribution in [0.25, 0.3) is 0 Å². The predicted octanol–water partition coefficient (Wildman–Crippen LogP) is 2.79. The molecule has 1 saturated heterocycles. The molecule has 1 saturated carbocycles. The van der Waals surface area contributed by atoms with Gasteiger partial charge in [0.15, 0.2) is 0 Å². The van der Waals surface area contributed by atoms with E-state index in [1.165, 1.54) is 4.90 Å². The number of benzene rings is 1. The van der Waals surface area contributed by atoms with Gasteiger partial charge in [-0.05, 0) is 55.9 Å². The van der Waals surface area contributed by atoms with Crippen molar-refractivity contribution >= 4 is 17.5 Å². The lowest BCUT2D eigenvalue weighted by Gasteiger charge is -2.38. The van der Waals surface area contributed by atoms with Crippen LogP contribution in [-0.2, 0) is 9.59 Å². The monoisotopic (exact) mass is 297 g/mol. The third-order valence-corrected chi connectivity index (χ3v) is 5.17. The number of hydrogen-bond donors (Lipinski definition) is 0. The molecule has 4 aliphatic rings. The van der Waals surface area contributed by atoms with E-state index >= 15 is 0 Å². The fraction of sp³-hybridized carbons (Fsp3) is 0.444. The van der Waals surface area contributed by atoms with E-state index in [0.29, 0.717) is 12.3 Å². The lowest BCUT2D eigenvalue weighted by atomic mass is 9.63. The van der Waals surface area contributed by atoms with Crippen LogP contribution in [0.3, 0.4) is 0 Å². The number of hydrogen-bond acceptors (Lipinski definition) is 3. The van der Waals surface area contributed by atoms with E-state index in [4.69, 9.17) is 4.74 Å². The van der Waals surface area contributed by atoms with Crippen molar-refractivity contribution in [2.75, 3.05) is 11.5 Å². The first-order valence-electron chi connectivity index (χ1n) is 7.99. The number of nitrogens with zero attached hydrogens (tertiary/aromatic N) is 1. The van der Waals surface area contributed by atoms with Crippen molar-refractivity contribution < 1.29 is 14.3 Å². The van der Waals surface area contributed by atoms with E-state index in [9.17, 15) is 9.59 Å². The SMILES string of the molecule is CCOc1ccc(N2C(=O)[C@@H]3[C@@H](C2=O)[C@H]2C=C[C@@H]3CC2)cc1. The topological polar surface area (TPSA) is 46.6 Å². The van der Waals surface area contributed by atoms with Gasteiger partial charge in [0, 0.05) is 0 Å². The molecule has 4 atom stereocenters. The maximum Gasteiger partial charge on any atom is 0.238 e. The van der Waals surface area contributed by atoms with Gasteiger partial charge in [-0.1, -0.05) is 12.2 Å². The normalized spacial score (nSPS) is 32.5. The highest BCUT2D eigenvalue weighted by Crippen LogP contribution is 2.50. The number of anilines is 1. The van der Waals surface area contributed by atoms with Crippen molar-refractivity contribution in [1.29, 1.82) is 0 Å². The van der Waals surface area contributed by atoms with Gasteiger partial charge in [-0.15, -0.1) is 0 Å². The molecule has 4 heteroatoms. The van der Waals surface area contributed by atoms with Crippen molar-refractivity contribution in [3.63, 3.8) is 0 Å². The molecule has 1 aromatic carbocycles. The highest BCUT2D eigenvalue weighted by molar-refractivity contribution is 6.22. The summed E-state index contributed by atoms with van der Waals surface area (Å²) in [6.45, 7) is 2.52. The summed E-state index contributed by atoms with van der Waals surface area (Å²) in [7, 11) is 0. The highest BCUT2D eigenvalue weighted by atomic mass is 16.5. The van der Waals surface area contributed by atoms with E-state index in [2.05, 4.69) is 12.2 Å². The molecule has 1 aliphatic heterocycles. The maximum absolute atomic E-state index is 12.8. The number of carbonyl (C=O) groups is 2. The van der Waals surface area contributed by atoms with Gasteiger partial charge in [-0.3, -0.25) is 14.5 Å². The van der Waals surface area contributed by atoms with Gasteiger partial charge < -0.3 is 4.74 Å². The van der Waals surface area contributed by atoms with Crippen molar-refractivity contribution in [2.24, 2.45) is 23.7 Å². The largest absolute Gasteiger partial charge is 0.494 e. The third-order valence-electron chi connectivity index (χ3n) is 5.17. The molecule has 3 aliphatic carbocycles. The second-order valence-corrected chi connectivity index (χ2v) is 6.28. The number of allylic oxidation sites excluding steroid dienone is 2.